The lowest BCUT2D eigenvalue weighted by molar-refractivity contribution is -0.304. The molecule has 1 saturated heterocycles. The summed E-state index contributed by atoms with van der Waals surface area (Å²) >= 11 is 0. The molecule has 0 unspecified atom stereocenters. The Bertz CT molecular complexity index is 1850. The minimum Gasteiger partial charge on any atom is -0.489 e. The van der Waals surface area contributed by atoms with Crippen molar-refractivity contribution in [3.63, 3.8) is 0 Å². The number of unbranched alkanes of at least 4 members (excludes halogenated alkanes) is 1. The van der Waals surface area contributed by atoms with Crippen LogP contribution in [-0.2, 0) is 30.2 Å². The van der Waals surface area contributed by atoms with E-state index in [1.165, 1.54) is 26.2 Å². The molecule has 0 aliphatic carbocycles. The first-order valence-corrected chi connectivity index (χ1v) is 17.7. The standard InChI is InChI=1S/C42H46FNO9/c1-6-7-25-49-35-33(22-21-28(23-24-44-27(2)45)34(35)31-19-14-20-32(43)26-31)50-41-37(52-40(47)30-17-12-9-13-18-30)36(38(48-5)42(3,4)53-41)51-39(46)29-15-10-8-11-16-29/h8-22,26,36-38,41H,6-7,23-25H2,1-5H3,(H,44,45)/t36-,37+,38+,41+/m0/s1. The fourth-order valence-electron chi connectivity index (χ4n) is 6.27. The molecule has 4 aromatic carbocycles. The van der Waals surface area contributed by atoms with E-state index < -0.39 is 48.0 Å². The van der Waals surface area contributed by atoms with Crippen LogP contribution in [0.4, 0.5) is 4.39 Å². The Balaban J connectivity index is 1.62. The molecule has 0 saturated carbocycles. The summed E-state index contributed by atoms with van der Waals surface area (Å²) < 4.78 is 52.5. The van der Waals surface area contributed by atoms with E-state index in [9.17, 15) is 18.8 Å². The quantitative estimate of drug-likeness (QED) is 0.0992. The average Bonchev–Trinajstić information content (AvgIpc) is 3.14. The second kappa shape index (κ2) is 18.0. The van der Waals surface area contributed by atoms with Gasteiger partial charge in [0, 0.05) is 26.1 Å². The molecule has 5 rings (SSSR count). The molecule has 10 nitrogen and oxygen atoms in total. The Morgan fingerprint density at radius 2 is 1.49 bits per heavy atom. The van der Waals surface area contributed by atoms with Crippen LogP contribution in [0.3, 0.4) is 0 Å². The van der Waals surface area contributed by atoms with Crippen LogP contribution in [-0.4, -0.2) is 68.3 Å². The monoisotopic (exact) mass is 727 g/mol. The topological polar surface area (TPSA) is 119 Å². The molecule has 1 aliphatic rings. The lowest BCUT2D eigenvalue weighted by Gasteiger charge is -2.48. The van der Waals surface area contributed by atoms with Gasteiger partial charge in [0.25, 0.3) is 0 Å². The molecule has 1 heterocycles. The number of nitrogens with one attached hydrogen (secondary N) is 1. The van der Waals surface area contributed by atoms with Crippen molar-refractivity contribution in [2.75, 3.05) is 20.3 Å². The summed E-state index contributed by atoms with van der Waals surface area (Å²) in [7, 11) is 1.46. The van der Waals surface area contributed by atoms with E-state index >= 15 is 0 Å². The minimum absolute atomic E-state index is 0.179. The van der Waals surface area contributed by atoms with Gasteiger partial charge in [-0.1, -0.05) is 67.9 Å². The van der Waals surface area contributed by atoms with Crippen molar-refractivity contribution in [2.45, 2.75) is 77.2 Å². The maximum atomic E-state index is 14.7. The second-order valence-electron chi connectivity index (χ2n) is 13.2. The summed E-state index contributed by atoms with van der Waals surface area (Å²) in [5.74, 6) is -1.45. The molecule has 0 aromatic heterocycles. The van der Waals surface area contributed by atoms with E-state index in [0.717, 1.165) is 18.4 Å². The van der Waals surface area contributed by atoms with Crippen LogP contribution in [0.5, 0.6) is 11.5 Å². The van der Waals surface area contributed by atoms with Crippen molar-refractivity contribution in [1.82, 2.24) is 5.32 Å². The van der Waals surface area contributed by atoms with E-state index in [1.54, 1.807) is 92.7 Å². The number of benzene rings is 4. The van der Waals surface area contributed by atoms with Crippen LogP contribution in [0, 0.1) is 5.82 Å². The first kappa shape index (κ1) is 39.0. The van der Waals surface area contributed by atoms with Gasteiger partial charge in [0.05, 0.1) is 23.3 Å². The molecule has 11 heteroatoms. The van der Waals surface area contributed by atoms with E-state index in [2.05, 4.69) is 5.32 Å². The molecule has 4 aromatic rings. The predicted molar refractivity (Wildman–Crippen MR) is 196 cm³/mol. The van der Waals surface area contributed by atoms with Crippen molar-refractivity contribution < 1.29 is 47.2 Å². The van der Waals surface area contributed by atoms with Gasteiger partial charge in [-0.25, -0.2) is 14.0 Å². The predicted octanol–water partition coefficient (Wildman–Crippen LogP) is 7.33. The zero-order valence-electron chi connectivity index (χ0n) is 30.6. The Hall–Kier alpha value is -5.26. The van der Waals surface area contributed by atoms with Crippen molar-refractivity contribution in [2.24, 2.45) is 0 Å². The number of amides is 1. The van der Waals surface area contributed by atoms with Gasteiger partial charge >= 0.3 is 11.9 Å². The number of hydrogen-bond acceptors (Lipinski definition) is 9. The Morgan fingerprint density at radius 3 is 2.08 bits per heavy atom. The van der Waals surface area contributed by atoms with Gasteiger partial charge in [-0.2, -0.15) is 0 Å². The number of rotatable bonds is 15. The van der Waals surface area contributed by atoms with E-state index in [-0.39, 0.29) is 17.2 Å². The number of halogens is 1. The zero-order valence-corrected chi connectivity index (χ0v) is 30.6. The smallest absolute Gasteiger partial charge is 0.338 e. The van der Waals surface area contributed by atoms with Gasteiger partial charge < -0.3 is 33.7 Å². The minimum atomic E-state index is -1.35. The van der Waals surface area contributed by atoms with Crippen LogP contribution in [0.15, 0.2) is 97.1 Å². The van der Waals surface area contributed by atoms with E-state index in [0.29, 0.717) is 42.0 Å². The highest BCUT2D eigenvalue weighted by molar-refractivity contribution is 5.90. The molecule has 4 atom stereocenters. The maximum Gasteiger partial charge on any atom is 0.338 e. The molecular weight excluding hydrogens is 681 g/mol. The molecule has 1 amide bonds. The van der Waals surface area contributed by atoms with E-state index in [1.807, 2.05) is 13.0 Å². The number of carbonyl (C=O) groups is 3. The fourth-order valence-corrected chi connectivity index (χ4v) is 6.27. The average molecular weight is 728 g/mol. The Labute approximate surface area is 309 Å². The molecule has 1 aliphatic heterocycles. The highest BCUT2D eigenvalue weighted by Gasteiger charge is 2.56. The van der Waals surface area contributed by atoms with Crippen LogP contribution in [0.1, 0.15) is 66.8 Å². The summed E-state index contributed by atoms with van der Waals surface area (Å²) in [5, 5.41) is 2.82. The normalized spacial score (nSPS) is 19.1. The number of carbonyl (C=O) groups excluding carboxylic acids is 3. The third-order valence-corrected chi connectivity index (χ3v) is 8.83. The highest BCUT2D eigenvalue weighted by atomic mass is 19.1. The van der Waals surface area contributed by atoms with Gasteiger partial charge in [-0.15, -0.1) is 0 Å². The van der Waals surface area contributed by atoms with Crippen LogP contribution >= 0.6 is 0 Å². The summed E-state index contributed by atoms with van der Waals surface area (Å²) in [6.07, 6.45) is -2.81. The van der Waals surface area contributed by atoms with Gasteiger partial charge in [0.15, 0.2) is 17.6 Å². The molecule has 0 radical (unpaired) electrons. The molecule has 53 heavy (non-hydrogen) atoms. The zero-order chi connectivity index (χ0) is 38.0. The second-order valence-corrected chi connectivity index (χ2v) is 13.2. The van der Waals surface area contributed by atoms with Crippen molar-refractivity contribution in [1.29, 1.82) is 0 Å². The Kier molecular flexibility index (Phi) is 13.2. The molecule has 280 valence electrons. The summed E-state index contributed by atoms with van der Waals surface area (Å²) in [6.45, 7) is 7.64. The lowest BCUT2D eigenvalue weighted by Crippen LogP contribution is -2.66. The highest BCUT2D eigenvalue weighted by Crippen LogP contribution is 2.44. The number of methoxy groups -OCH3 is 1. The number of hydrogen-bond donors (Lipinski definition) is 1. The molecule has 0 spiro atoms. The van der Waals surface area contributed by atoms with Crippen LogP contribution < -0.4 is 14.8 Å². The van der Waals surface area contributed by atoms with Crippen LogP contribution in [0.2, 0.25) is 0 Å². The summed E-state index contributed by atoms with van der Waals surface area (Å²) in [6, 6.07) is 26.5. The van der Waals surface area contributed by atoms with E-state index in [4.69, 9.17) is 28.4 Å². The third-order valence-electron chi connectivity index (χ3n) is 8.83. The maximum absolute atomic E-state index is 14.7. The molecule has 0 bridgehead atoms. The first-order valence-electron chi connectivity index (χ1n) is 17.7. The number of esters is 2. The third kappa shape index (κ3) is 9.79. The van der Waals surface area contributed by atoms with Gasteiger partial charge in [-0.3, -0.25) is 4.79 Å². The molecule has 1 N–H and O–H groups in total. The fraction of sp³-hybridized carbons (Fsp3) is 0.357. The van der Waals surface area contributed by atoms with Crippen LogP contribution in [0.25, 0.3) is 11.1 Å². The summed E-state index contributed by atoms with van der Waals surface area (Å²) in [5.41, 5.74) is 1.29. The largest absolute Gasteiger partial charge is 0.489 e. The van der Waals surface area contributed by atoms with Crippen molar-refractivity contribution >= 4 is 17.8 Å². The van der Waals surface area contributed by atoms with Gasteiger partial charge in [0.1, 0.15) is 11.9 Å². The molecule has 1 fully saturated rings. The van der Waals surface area contributed by atoms with Crippen molar-refractivity contribution in [3.8, 4) is 22.6 Å². The Morgan fingerprint density at radius 1 is 0.849 bits per heavy atom. The lowest BCUT2D eigenvalue weighted by atomic mass is 9.89. The molecular formula is C42H46FNO9. The van der Waals surface area contributed by atoms with Gasteiger partial charge in [-0.05, 0) is 80.3 Å². The van der Waals surface area contributed by atoms with Crippen molar-refractivity contribution in [3.05, 3.63) is 120 Å². The first-order chi connectivity index (χ1) is 25.5. The van der Waals surface area contributed by atoms with Gasteiger partial charge in [0.2, 0.25) is 18.3 Å². The number of ether oxygens (including phenoxy) is 6. The SMILES string of the molecule is CCCCOc1c(O[C@@H]2OC(C)(C)[C@H](OC)[C@@H](OC(=O)c3ccccc3)[C@H]2OC(=O)c2ccccc2)ccc(CCNC(C)=O)c1-c1cccc(F)c1. The summed E-state index contributed by atoms with van der Waals surface area (Å²) in [4.78, 5) is 39.0.